The van der Waals surface area contributed by atoms with Crippen molar-refractivity contribution in [3.8, 4) is 0 Å². The van der Waals surface area contributed by atoms with Crippen molar-refractivity contribution in [1.29, 1.82) is 0 Å². The van der Waals surface area contributed by atoms with Gasteiger partial charge in [-0.25, -0.2) is 9.78 Å². The van der Waals surface area contributed by atoms with Crippen LogP contribution in [0.3, 0.4) is 0 Å². The fourth-order valence-corrected chi connectivity index (χ4v) is 5.47. The zero-order chi connectivity index (χ0) is 18.1. The van der Waals surface area contributed by atoms with E-state index < -0.39 is 11.2 Å². The minimum absolute atomic E-state index is 0.0250. The van der Waals surface area contributed by atoms with Gasteiger partial charge in [0.15, 0.2) is 0 Å². The summed E-state index contributed by atoms with van der Waals surface area (Å²) in [6.45, 7) is 7.71. The molecule has 1 aromatic rings. The number of hydrogen-bond donors (Lipinski definition) is 1. The molecular formula is C18H27BrN2O3S. The Hall–Kier alpha value is -0.500. The van der Waals surface area contributed by atoms with Crippen LogP contribution in [0.15, 0.2) is 9.98 Å². The number of thiazole rings is 1. The summed E-state index contributed by atoms with van der Waals surface area (Å²) < 4.78 is 12.5. The van der Waals surface area contributed by atoms with Crippen LogP contribution in [-0.4, -0.2) is 36.3 Å². The number of aromatic nitrogens is 1. The average Bonchev–Trinajstić information content (AvgIpc) is 3.10. The third kappa shape index (κ3) is 4.62. The van der Waals surface area contributed by atoms with Gasteiger partial charge in [-0.2, -0.15) is 0 Å². The second-order valence-corrected chi connectivity index (χ2v) is 9.94. The molecule has 1 saturated heterocycles. The van der Waals surface area contributed by atoms with Crippen LogP contribution in [0.4, 0.5) is 0 Å². The summed E-state index contributed by atoms with van der Waals surface area (Å²) in [7, 11) is 0. The molecule has 1 unspecified atom stereocenters. The number of hydrogen-bond acceptors (Lipinski definition) is 6. The van der Waals surface area contributed by atoms with Crippen molar-refractivity contribution >= 4 is 33.2 Å². The van der Waals surface area contributed by atoms with Gasteiger partial charge in [0.05, 0.1) is 0 Å². The lowest BCUT2D eigenvalue weighted by atomic mass is 9.76. The van der Waals surface area contributed by atoms with Gasteiger partial charge in [-0.15, -0.1) is 11.3 Å². The third-order valence-electron chi connectivity index (χ3n) is 5.14. The number of carbonyl (C=O) groups is 1. The summed E-state index contributed by atoms with van der Waals surface area (Å²) >= 11 is 5.06. The molecule has 1 N–H and O–H groups in total. The number of rotatable bonds is 4. The van der Waals surface area contributed by atoms with E-state index in [-0.39, 0.29) is 12.6 Å². The van der Waals surface area contributed by atoms with E-state index in [4.69, 9.17) is 9.47 Å². The summed E-state index contributed by atoms with van der Waals surface area (Å²) in [6, 6.07) is 0. The topological polar surface area (TPSA) is 60.5 Å². The highest BCUT2D eigenvalue weighted by Gasteiger charge is 2.52. The van der Waals surface area contributed by atoms with Gasteiger partial charge in [0.2, 0.25) is 0 Å². The van der Waals surface area contributed by atoms with Gasteiger partial charge in [-0.05, 0) is 87.3 Å². The molecule has 1 aliphatic heterocycles. The molecule has 2 aliphatic rings. The Morgan fingerprint density at radius 2 is 2.04 bits per heavy atom. The van der Waals surface area contributed by atoms with E-state index >= 15 is 0 Å². The third-order valence-corrected chi connectivity index (χ3v) is 6.87. The molecule has 7 heteroatoms. The first-order chi connectivity index (χ1) is 11.7. The fourth-order valence-electron chi connectivity index (χ4n) is 4.03. The molecular weight excluding hydrogens is 404 g/mol. The van der Waals surface area contributed by atoms with Crippen LogP contribution in [0.25, 0.3) is 0 Å². The molecule has 0 aromatic carbocycles. The first kappa shape index (κ1) is 19.3. The number of nitrogens with zero attached hydrogens (tertiary/aromatic N) is 1. The maximum atomic E-state index is 12.2. The summed E-state index contributed by atoms with van der Waals surface area (Å²) in [5, 5.41) is 6.41. The molecule has 1 atom stereocenters. The van der Waals surface area contributed by atoms with Crippen molar-refractivity contribution in [2.45, 2.75) is 64.1 Å². The van der Waals surface area contributed by atoms with Gasteiger partial charge in [0, 0.05) is 5.38 Å². The van der Waals surface area contributed by atoms with Crippen LogP contribution in [0, 0.1) is 5.41 Å². The van der Waals surface area contributed by atoms with Crippen molar-refractivity contribution in [1.82, 2.24) is 10.3 Å². The van der Waals surface area contributed by atoms with Crippen molar-refractivity contribution < 1.29 is 14.3 Å². The monoisotopic (exact) mass is 430 g/mol. The Labute approximate surface area is 162 Å². The van der Waals surface area contributed by atoms with Gasteiger partial charge in [0.25, 0.3) is 0 Å². The molecule has 5 nitrogen and oxygen atoms in total. The van der Waals surface area contributed by atoms with E-state index in [0.29, 0.717) is 5.41 Å². The van der Waals surface area contributed by atoms with Gasteiger partial charge in [0.1, 0.15) is 27.4 Å². The van der Waals surface area contributed by atoms with Gasteiger partial charge < -0.3 is 14.8 Å². The van der Waals surface area contributed by atoms with Crippen LogP contribution in [0.2, 0.25) is 0 Å². The summed E-state index contributed by atoms with van der Waals surface area (Å²) in [5.74, 6) is -0.311. The number of esters is 1. The van der Waals surface area contributed by atoms with Crippen LogP contribution < -0.4 is 5.32 Å². The zero-order valence-corrected chi connectivity index (χ0v) is 17.6. The maximum Gasteiger partial charge on any atom is 0.332 e. The number of ether oxygens (including phenoxy) is 2. The van der Waals surface area contributed by atoms with Crippen LogP contribution in [0.1, 0.15) is 57.9 Å². The summed E-state index contributed by atoms with van der Waals surface area (Å²) in [4.78, 5) is 16.8. The van der Waals surface area contributed by atoms with Gasteiger partial charge >= 0.3 is 5.97 Å². The zero-order valence-electron chi connectivity index (χ0n) is 15.2. The van der Waals surface area contributed by atoms with E-state index in [1.165, 1.54) is 0 Å². The SMILES string of the molecule is CC(C)(C)OC(=O)COC1(c2nc(Br)cs2)CCC2(CCNCC2)C1. The molecule has 3 rings (SSSR count). The van der Waals surface area contributed by atoms with Crippen LogP contribution in [-0.2, 0) is 19.9 Å². The van der Waals surface area contributed by atoms with E-state index in [1.54, 1.807) is 11.3 Å². The van der Waals surface area contributed by atoms with E-state index in [2.05, 4.69) is 26.2 Å². The molecule has 1 aromatic heterocycles. The number of halogens is 1. The molecule has 0 radical (unpaired) electrons. The average molecular weight is 431 g/mol. The molecule has 1 saturated carbocycles. The number of piperidine rings is 1. The largest absolute Gasteiger partial charge is 0.458 e. The highest BCUT2D eigenvalue weighted by Crippen LogP contribution is 2.56. The first-order valence-electron chi connectivity index (χ1n) is 8.90. The summed E-state index contributed by atoms with van der Waals surface area (Å²) in [5.41, 5.74) is -0.661. The Morgan fingerprint density at radius 1 is 1.32 bits per heavy atom. The Balaban J connectivity index is 1.76. The molecule has 0 bridgehead atoms. The molecule has 0 amide bonds. The first-order valence-corrected chi connectivity index (χ1v) is 10.6. The molecule has 1 spiro atoms. The van der Waals surface area contributed by atoms with Gasteiger partial charge in [-0.3, -0.25) is 0 Å². The molecule has 140 valence electrons. The molecule has 2 fully saturated rings. The molecule has 2 heterocycles. The minimum atomic E-state index is -0.496. The number of carbonyl (C=O) groups excluding carboxylic acids is 1. The lowest BCUT2D eigenvalue weighted by molar-refractivity contribution is -0.168. The second kappa shape index (κ2) is 7.25. The lowest BCUT2D eigenvalue weighted by Crippen LogP contribution is -2.38. The lowest BCUT2D eigenvalue weighted by Gasteiger charge is -2.36. The maximum absolute atomic E-state index is 12.2. The standard InChI is InChI=1S/C18H27BrN2O3S/c1-16(2,3)24-14(22)10-23-18(15-21-13(19)11-25-15)5-4-17(12-18)6-8-20-9-7-17/h11,20H,4-10,12H2,1-3H3. The van der Waals surface area contributed by atoms with Crippen molar-refractivity contribution in [2.75, 3.05) is 19.7 Å². The molecule has 25 heavy (non-hydrogen) atoms. The second-order valence-electron chi connectivity index (χ2n) is 8.27. The van der Waals surface area contributed by atoms with E-state index in [1.807, 2.05) is 26.2 Å². The summed E-state index contributed by atoms with van der Waals surface area (Å²) in [6.07, 6.45) is 5.30. The number of nitrogens with one attached hydrogen (secondary N) is 1. The van der Waals surface area contributed by atoms with Gasteiger partial charge in [-0.1, -0.05) is 0 Å². The highest BCUT2D eigenvalue weighted by atomic mass is 79.9. The van der Waals surface area contributed by atoms with Crippen molar-refractivity contribution in [3.05, 3.63) is 15.0 Å². The Bertz CT molecular complexity index is 622. The fraction of sp³-hybridized carbons (Fsp3) is 0.778. The quantitative estimate of drug-likeness (QED) is 0.730. The van der Waals surface area contributed by atoms with Crippen LogP contribution >= 0.6 is 27.3 Å². The Kier molecular flexibility index (Phi) is 5.59. The highest BCUT2D eigenvalue weighted by molar-refractivity contribution is 9.10. The predicted octanol–water partition coefficient (Wildman–Crippen LogP) is 4.01. The molecule has 1 aliphatic carbocycles. The minimum Gasteiger partial charge on any atom is -0.458 e. The normalized spacial score (nSPS) is 26.1. The van der Waals surface area contributed by atoms with E-state index in [9.17, 15) is 4.79 Å². The van der Waals surface area contributed by atoms with Crippen molar-refractivity contribution in [3.63, 3.8) is 0 Å². The van der Waals surface area contributed by atoms with Crippen molar-refractivity contribution in [2.24, 2.45) is 5.41 Å². The Morgan fingerprint density at radius 3 is 2.64 bits per heavy atom. The van der Waals surface area contributed by atoms with Crippen LogP contribution in [0.5, 0.6) is 0 Å². The smallest absolute Gasteiger partial charge is 0.332 e. The predicted molar refractivity (Wildman–Crippen MR) is 102 cm³/mol. The van der Waals surface area contributed by atoms with E-state index in [0.717, 1.165) is 54.8 Å².